The van der Waals surface area contributed by atoms with E-state index < -0.39 is 12.0 Å². The summed E-state index contributed by atoms with van der Waals surface area (Å²) in [4.78, 5) is 11.9. The van der Waals surface area contributed by atoms with E-state index in [-0.39, 0.29) is 5.82 Å². The summed E-state index contributed by atoms with van der Waals surface area (Å²) in [5, 5.41) is 10.5. The van der Waals surface area contributed by atoms with E-state index in [1.807, 2.05) is 0 Å². The molecular weight excluding hydrogens is 305 g/mol. The molecule has 0 unspecified atom stereocenters. The number of nitrogens with zero attached hydrogens (tertiary/aromatic N) is 2. The highest BCUT2D eigenvalue weighted by atomic mass is 35.5. The smallest absolute Gasteiger partial charge is 0.266 e. The fourth-order valence-corrected chi connectivity index (χ4v) is 1.83. The van der Waals surface area contributed by atoms with Crippen LogP contribution in [-0.4, -0.2) is 22.3 Å². The van der Waals surface area contributed by atoms with E-state index in [1.54, 1.807) is 26.0 Å². The van der Waals surface area contributed by atoms with Crippen LogP contribution in [0.15, 0.2) is 22.8 Å². The monoisotopic (exact) mass is 315 g/mol. The highest BCUT2D eigenvalue weighted by Crippen LogP contribution is 2.28. The molecule has 1 atom stereocenters. The van der Waals surface area contributed by atoms with Gasteiger partial charge < -0.3 is 10.1 Å². The zero-order chi connectivity index (χ0) is 14.7. The van der Waals surface area contributed by atoms with Crippen molar-refractivity contribution < 1.29 is 14.2 Å². The quantitative estimate of drug-likeness (QED) is 0.938. The summed E-state index contributed by atoms with van der Waals surface area (Å²) in [7, 11) is 0. The van der Waals surface area contributed by atoms with Gasteiger partial charge in [-0.15, -0.1) is 0 Å². The van der Waals surface area contributed by atoms with Crippen LogP contribution in [0.5, 0.6) is 5.75 Å². The summed E-state index contributed by atoms with van der Waals surface area (Å²) in [5.74, 6) is 0.233. The van der Waals surface area contributed by atoms with E-state index in [0.29, 0.717) is 21.5 Å². The third kappa shape index (κ3) is 3.40. The lowest BCUT2D eigenvalue weighted by molar-refractivity contribution is -0.122. The number of ether oxygens (including phenoxy) is 1. The van der Waals surface area contributed by atoms with Gasteiger partial charge in [-0.05, 0) is 37.2 Å². The Balaban J connectivity index is 2.02. The predicted molar refractivity (Wildman–Crippen MR) is 74.2 cm³/mol. The molecule has 0 aliphatic rings. The molecule has 0 bridgehead atoms. The zero-order valence-electron chi connectivity index (χ0n) is 10.7. The van der Waals surface area contributed by atoms with Crippen molar-refractivity contribution in [2.24, 2.45) is 0 Å². The van der Waals surface area contributed by atoms with Crippen LogP contribution in [0.3, 0.4) is 0 Å². The second kappa shape index (κ2) is 6.11. The molecule has 1 N–H and O–H groups in total. The van der Waals surface area contributed by atoms with E-state index in [1.165, 1.54) is 6.07 Å². The van der Waals surface area contributed by atoms with Gasteiger partial charge >= 0.3 is 0 Å². The summed E-state index contributed by atoms with van der Waals surface area (Å²) in [5.41, 5.74) is 0.482. The Hall–Kier alpha value is -1.79. The number of nitrogens with one attached hydrogen (secondary N) is 1. The number of amides is 1. The number of aromatic nitrogens is 2. The highest BCUT2D eigenvalue weighted by molar-refractivity contribution is 6.35. The van der Waals surface area contributed by atoms with Crippen molar-refractivity contribution in [2.75, 3.05) is 5.32 Å². The number of hydrogen-bond donors (Lipinski definition) is 1. The summed E-state index contributed by atoms with van der Waals surface area (Å²) in [6, 6.07) is 4.76. The minimum Gasteiger partial charge on any atom is -0.479 e. The molecule has 1 aromatic carbocycles. The molecule has 6 nitrogen and oxygen atoms in total. The Morgan fingerprint density at radius 3 is 2.75 bits per heavy atom. The SMILES string of the molecule is Cc1nonc1NC(=O)[C@@H](C)Oc1ccc(Cl)cc1Cl. The van der Waals surface area contributed by atoms with Crippen LogP contribution in [0.2, 0.25) is 10.0 Å². The minimum atomic E-state index is -0.773. The number of aryl methyl sites for hydroxylation is 1. The first-order chi connectivity index (χ1) is 9.47. The summed E-state index contributed by atoms with van der Waals surface area (Å²) >= 11 is 11.8. The van der Waals surface area contributed by atoms with Crippen LogP contribution in [0.4, 0.5) is 5.82 Å². The van der Waals surface area contributed by atoms with Gasteiger partial charge in [-0.25, -0.2) is 4.63 Å². The molecule has 0 aliphatic heterocycles. The van der Waals surface area contributed by atoms with Crippen LogP contribution < -0.4 is 10.1 Å². The Morgan fingerprint density at radius 1 is 1.40 bits per heavy atom. The van der Waals surface area contributed by atoms with Crippen LogP contribution in [0.1, 0.15) is 12.6 Å². The summed E-state index contributed by atoms with van der Waals surface area (Å²) in [6.45, 7) is 3.25. The highest BCUT2D eigenvalue weighted by Gasteiger charge is 2.19. The molecule has 0 spiro atoms. The van der Waals surface area contributed by atoms with Gasteiger partial charge in [0.05, 0.1) is 5.02 Å². The topological polar surface area (TPSA) is 77.3 Å². The zero-order valence-corrected chi connectivity index (χ0v) is 12.2. The lowest BCUT2D eigenvalue weighted by atomic mass is 10.3. The standard InChI is InChI=1S/C12H11Cl2N3O3/c1-6-11(17-20-16-6)15-12(18)7(2)19-10-4-3-8(13)5-9(10)14/h3-5,7H,1-2H3,(H,15,17,18)/t7-/m1/s1. The molecule has 0 fully saturated rings. The molecule has 1 heterocycles. The third-order valence-electron chi connectivity index (χ3n) is 2.46. The van der Waals surface area contributed by atoms with Gasteiger partial charge in [-0.1, -0.05) is 28.4 Å². The Kier molecular flexibility index (Phi) is 4.46. The van der Waals surface area contributed by atoms with Crippen molar-refractivity contribution in [2.45, 2.75) is 20.0 Å². The molecule has 0 saturated carbocycles. The van der Waals surface area contributed by atoms with Crippen LogP contribution >= 0.6 is 23.2 Å². The number of halogens is 2. The first kappa shape index (κ1) is 14.6. The molecule has 0 radical (unpaired) electrons. The van der Waals surface area contributed by atoms with Crippen molar-refractivity contribution >= 4 is 34.9 Å². The molecular formula is C12H11Cl2N3O3. The van der Waals surface area contributed by atoms with Crippen LogP contribution in [0.25, 0.3) is 0 Å². The number of hydrogen-bond acceptors (Lipinski definition) is 5. The number of carbonyl (C=O) groups is 1. The van der Waals surface area contributed by atoms with Crippen molar-refractivity contribution in [3.63, 3.8) is 0 Å². The van der Waals surface area contributed by atoms with Gasteiger partial charge in [0.15, 0.2) is 11.9 Å². The van der Waals surface area contributed by atoms with Crippen LogP contribution in [0, 0.1) is 6.92 Å². The molecule has 2 rings (SSSR count). The minimum absolute atomic E-state index is 0.257. The first-order valence-electron chi connectivity index (χ1n) is 5.69. The van der Waals surface area contributed by atoms with E-state index in [0.717, 1.165) is 0 Å². The molecule has 106 valence electrons. The fraction of sp³-hybridized carbons (Fsp3) is 0.250. The number of rotatable bonds is 4. The Labute approximate surface area is 125 Å². The van der Waals surface area contributed by atoms with Crippen molar-refractivity contribution in [3.05, 3.63) is 33.9 Å². The summed E-state index contributed by atoms with van der Waals surface area (Å²) < 4.78 is 9.95. The number of anilines is 1. The first-order valence-corrected chi connectivity index (χ1v) is 6.44. The Bertz CT molecular complexity index is 630. The summed E-state index contributed by atoms with van der Waals surface area (Å²) in [6.07, 6.45) is -0.773. The van der Waals surface area contributed by atoms with E-state index in [4.69, 9.17) is 27.9 Å². The molecule has 1 amide bonds. The maximum atomic E-state index is 11.9. The normalized spacial score (nSPS) is 12.0. The van der Waals surface area contributed by atoms with Crippen molar-refractivity contribution in [3.8, 4) is 5.75 Å². The lowest BCUT2D eigenvalue weighted by Crippen LogP contribution is -2.30. The second-order valence-electron chi connectivity index (χ2n) is 4.02. The third-order valence-corrected chi connectivity index (χ3v) is 2.99. The fourth-order valence-electron chi connectivity index (χ4n) is 1.38. The lowest BCUT2D eigenvalue weighted by Gasteiger charge is -2.14. The van der Waals surface area contributed by atoms with Gasteiger partial charge in [0.1, 0.15) is 11.4 Å². The van der Waals surface area contributed by atoms with E-state index in [2.05, 4.69) is 20.3 Å². The predicted octanol–water partition coefficient (Wildman–Crippen LogP) is 3.09. The average molecular weight is 316 g/mol. The Morgan fingerprint density at radius 2 is 2.15 bits per heavy atom. The second-order valence-corrected chi connectivity index (χ2v) is 4.87. The largest absolute Gasteiger partial charge is 0.479 e. The van der Waals surface area contributed by atoms with Gasteiger partial charge in [-0.3, -0.25) is 4.79 Å². The van der Waals surface area contributed by atoms with E-state index >= 15 is 0 Å². The average Bonchev–Trinajstić information content (AvgIpc) is 2.78. The van der Waals surface area contributed by atoms with Crippen LogP contribution in [-0.2, 0) is 4.79 Å². The number of benzene rings is 1. The molecule has 2 aromatic rings. The molecule has 8 heteroatoms. The maximum Gasteiger partial charge on any atom is 0.266 e. The van der Waals surface area contributed by atoms with Gasteiger partial charge in [0.2, 0.25) is 0 Å². The molecule has 0 aliphatic carbocycles. The van der Waals surface area contributed by atoms with Gasteiger partial charge in [-0.2, -0.15) is 0 Å². The number of carbonyl (C=O) groups excluding carboxylic acids is 1. The van der Waals surface area contributed by atoms with Crippen molar-refractivity contribution in [1.82, 2.24) is 10.3 Å². The maximum absolute atomic E-state index is 11.9. The van der Waals surface area contributed by atoms with Gasteiger partial charge in [0, 0.05) is 5.02 Å². The van der Waals surface area contributed by atoms with Crippen molar-refractivity contribution in [1.29, 1.82) is 0 Å². The van der Waals surface area contributed by atoms with E-state index in [9.17, 15) is 4.79 Å². The molecule has 20 heavy (non-hydrogen) atoms. The molecule has 1 aromatic heterocycles. The molecule has 0 saturated heterocycles. The van der Waals surface area contributed by atoms with Gasteiger partial charge in [0.25, 0.3) is 5.91 Å².